The Balaban J connectivity index is 2.20. The average molecular weight is 182 g/mol. The van der Waals surface area contributed by atoms with E-state index >= 15 is 0 Å². The highest BCUT2D eigenvalue weighted by molar-refractivity contribution is 5.15. The van der Waals surface area contributed by atoms with E-state index in [1.807, 2.05) is 6.92 Å². The summed E-state index contributed by atoms with van der Waals surface area (Å²) < 4.78 is 10.5. The molecule has 0 aromatic carbocycles. The van der Waals surface area contributed by atoms with Gasteiger partial charge in [0, 0.05) is 0 Å². The third-order valence-electron chi connectivity index (χ3n) is 2.31. The second-order valence-corrected chi connectivity index (χ2v) is 3.28. The molecule has 1 atom stereocenters. The lowest BCUT2D eigenvalue weighted by molar-refractivity contribution is 0.281. The predicted molar refractivity (Wildman–Crippen MR) is 47.8 cm³/mol. The molecule has 2 rings (SSSR count). The Bertz CT molecular complexity index is 290. The van der Waals surface area contributed by atoms with Gasteiger partial charge in [0.1, 0.15) is 5.69 Å². The van der Waals surface area contributed by atoms with Gasteiger partial charge in [0.25, 0.3) is 0 Å². The van der Waals surface area contributed by atoms with Gasteiger partial charge in [-0.15, -0.1) is 0 Å². The summed E-state index contributed by atoms with van der Waals surface area (Å²) in [7, 11) is 1.60. The van der Waals surface area contributed by atoms with Crippen molar-refractivity contribution < 1.29 is 9.15 Å². The largest absolute Gasteiger partial charge is 0.467 e. The molecule has 1 N–H and O–H groups in total. The summed E-state index contributed by atoms with van der Waals surface area (Å²) in [5.74, 6) is 1.29. The molecule has 0 radical (unpaired) electrons. The van der Waals surface area contributed by atoms with Crippen molar-refractivity contribution in [1.82, 2.24) is 10.3 Å². The van der Waals surface area contributed by atoms with Crippen LogP contribution in [0.4, 0.5) is 0 Å². The van der Waals surface area contributed by atoms with Crippen molar-refractivity contribution in [2.45, 2.75) is 25.8 Å². The van der Waals surface area contributed by atoms with Crippen LogP contribution in [0.3, 0.4) is 0 Å². The molecule has 0 bridgehead atoms. The second-order valence-electron chi connectivity index (χ2n) is 3.28. The highest BCUT2D eigenvalue weighted by atomic mass is 16.6. The number of nitrogens with one attached hydrogen (secondary N) is 1. The smallest absolute Gasteiger partial charge is 0.308 e. The first kappa shape index (κ1) is 8.56. The van der Waals surface area contributed by atoms with Gasteiger partial charge < -0.3 is 14.5 Å². The molecule has 0 aliphatic carbocycles. The van der Waals surface area contributed by atoms with Crippen LogP contribution in [0.2, 0.25) is 0 Å². The van der Waals surface area contributed by atoms with Crippen LogP contribution in [-0.2, 0) is 0 Å². The molecule has 4 heteroatoms. The van der Waals surface area contributed by atoms with Crippen LogP contribution in [0.15, 0.2) is 4.42 Å². The second kappa shape index (κ2) is 3.38. The van der Waals surface area contributed by atoms with Gasteiger partial charge in [-0.05, 0) is 26.3 Å². The first-order valence-electron chi connectivity index (χ1n) is 4.56. The quantitative estimate of drug-likeness (QED) is 0.751. The number of oxazole rings is 1. The van der Waals surface area contributed by atoms with Gasteiger partial charge in [-0.25, -0.2) is 4.98 Å². The highest BCUT2D eigenvalue weighted by Crippen LogP contribution is 2.27. The zero-order valence-corrected chi connectivity index (χ0v) is 7.96. The van der Waals surface area contributed by atoms with E-state index in [2.05, 4.69) is 10.3 Å². The summed E-state index contributed by atoms with van der Waals surface area (Å²) in [6, 6.07) is 0.280. The van der Waals surface area contributed by atoms with Crippen molar-refractivity contribution in [3.05, 3.63) is 11.6 Å². The molecule has 1 saturated heterocycles. The van der Waals surface area contributed by atoms with Crippen molar-refractivity contribution in [2.24, 2.45) is 0 Å². The summed E-state index contributed by atoms with van der Waals surface area (Å²) in [4.78, 5) is 4.31. The maximum absolute atomic E-state index is 5.45. The SMILES string of the molecule is COc1oc([C@H]2CCCN2)nc1C. The normalized spacial score (nSPS) is 22.2. The molecule has 72 valence electrons. The zero-order valence-electron chi connectivity index (χ0n) is 7.96. The molecule has 1 aromatic heterocycles. The van der Waals surface area contributed by atoms with E-state index in [0.29, 0.717) is 5.95 Å². The first-order valence-corrected chi connectivity index (χ1v) is 4.56. The van der Waals surface area contributed by atoms with Crippen LogP contribution in [0, 0.1) is 6.92 Å². The predicted octanol–water partition coefficient (Wildman–Crippen LogP) is 1.42. The summed E-state index contributed by atoms with van der Waals surface area (Å²) in [6.07, 6.45) is 2.29. The lowest BCUT2D eigenvalue weighted by atomic mass is 10.2. The fourth-order valence-electron chi connectivity index (χ4n) is 1.64. The van der Waals surface area contributed by atoms with Crippen LogP contribution in [0.25, 0.3) is 0 Å². The number of aromatic nitrogens is 1. The topological polar surface area (TPSA) is 47.3 Å². The number of ether oxygens (including phenoxy) is 1. The molecule has 0 unspecified atom stereocenters. The lowest BCUT2D eigenvalue weighted by Crippen LogP contribution is -2.12. The van der Waals surface area contributed by atoms with Crippen molar-refractivity contribution in [3.8, 4) is 5.95 Å². The van der Waals surface area contributed by atoms with Crippen molar-refractivity contribution in [1.29, 1.82) is 0 Å². The fraction of sp³-hybridized carbons (Fsp3) is 0.667. The molecular weight excluding hydrogens is 168 g/mol. The third-order valence-corrected chi connectivity index (χ3v) is 2.31. The van der Waals surface area contributed by atoms with Crippen LogP contribution < -0.4 is 10.1 Å². The Kier molecular flexibility index (Phi) is 2.22. The summed E-state index contributed by atoms with van der Waals surface area (Å²) in [6.45, 7) is 2.94. The Labute approximate surface area is 77.3 Å². The maximum Gasteiger partial charge on any atom is 0.308 e. The Hall–Kier alpha value is -1.03. The Morgan fingerprint density at radius 2 is 2.46 bits per heavy atom. The molecule has 0 amide bonds. The van der Waals surface area contributed by atoms with Crippen LogP contribution in [0.5, 0.6) is 5.95 Å². The third kappa shape index (κ3) is 1.54. The summed E-state index contributed by atoms with van der Waals surface area (Å²) >= 11 is 0. The minimum Gasteiger partial charge on any atom is -0.467 e. The maximum atomic E-state index is 5.45. The molecule has 4 nitrogen and oxygen atoms in total. The zero-order chi connectivity index (χ0) is 9.26. The van der Waals surface area contributed by atoms with Crippen molar-refractivity contribution >= 4 is 0 Å². The molecule has 0 spiro atoms. The fourth-order valence-corrected chi connectivity index (χ4v) is 1.64. The van der Waals surface area contributed by atoms with E-state index in [1.165, 1.54) is 6.42 Å². The monoisotopic (exact) mass is 182 g/mol. The molecular formula is C9H14N2O2. The number of hydrogen-bond acceptors (Lipinski definition) is 4. The van der Waals surface area contributed by atoms with Gasteiger partial charge in [0.05, 0.1) is 13.2 Å². The molecule has 1 fully saturated rings. The molecule has 1 aromatic rings. The molecule has 2 heterocycles. The molecule has 1 aliphatic heterocycles. The van der Waals surface area contributed by atoms with Crippen molar-refractivity contribution in [2.75, 3.05) is 13.7 Å². The highest BCUT2D eigenvalue weighted by Gasteiger charge is 2.22. The number of hydrogen-bond donors (Lipinski definition) is 1. The van der Waals surface area contributed by atoms with E-state index in [4.69, 9.17) is 9.15 Å². The minimum atomic E-state index is 0.280. The van der Waals surface area contributed by atoms with E-state index in [9.17, 15) is 0 Å². The Morgan fingerprint density at radius 3 is 3.00 bits per heavy atom. The summed E-state index contributed by atoms with van der Waals surface area (Å²) in [5.41, 5.74) is 0.825. The lowest BCUT2D eigenvalue weighted by Gasteiger charge is -2.02. The van der Waals surface area contributed by atoms with Gasteiger partial charge in [0.2, 0.25) is 5.89 Å². The van der Waals surface area contributed by atoms with Crippen LogP contribution in [-0.4, -0.2) is 18.6 Å². The van der Waals surface area contributed by atoms with Gasteiger partial charge in [-0.2, -0.15) is 0 Å². The minimum absolute atomic E-state index is 0.280. The number of aryl methyl sites for hydroxylation is 1. The van der Waals surface area contributed by atoms with Gasteiger partial charge in [-0.3, -0.25) is 0 Å². The van der Waals surface area contributed by atoms with E-state index in [0.717, 1.165) is 24.6 Å². The van der Waals surface area contributed by atoms with E-state index in [1.54, 1.807) is 7.11 Å². The van der Waals surface area contributed by atoms with Gasteiger partial charge in [-0.1, -0.05) is 0 Å². The number of rotatable bonds is 2. The van der Waals surface area contributed by atoms with E-state index in [-0.39, 0.29) is 6.04 Å². The van der Waals surface area contributed by atoms with Crippen LogP contribution >= 0.6 is 0 Å². The molecule has 13 heavy (non-hydrogen) atoms. The van der Waals surface area contributed by atoms with Crippen LogP contribution in [0.1, 0.15) is 30.5 Å². The van der Waals surface area contributed by atoms with E-state index < -0.39 is 0 Å². The first-order chi connectivity index (χ1) is 6.31. The van der Waals surface area contributed by atoms with Gasteiger partial charge >= 0.3 is 5.95 Å². The average Bonchev–Trinajstić information content (AvgIpc) is 2.71. The number of methoxy groups -OCH3 is 1. The molecule has 0 saturated carbocycles. The Morgan fingerprint density at radius 1 is 1.62 bits per heavy atom. The standard InChI is InChI=1S/C9H14N2O2/c1-6-9(12-2)13-8(11-6)7-4-3-5-10-7/h7,10H,3-5H2,1-2H3/t7-/m1/s1. The molecule has 1 aliphatic rings. The van der Waals surface area contributed by atoms with Crippen molar-refractivity contribution in [3.63, 3.8) is 0 Å². The van der Waals surface area contributed by atoms with Gasteiger partial charge in [0.15, 0.2) is 0 Å². The summed E-state index contributed by atoms with van der Waals surface area (Å²) in [5, 5.41) is 3.33. The number of nitrogens with zero attached hydrogens (tertiary/aromatic N) is 1.